The quantitative estimate of drug-likeness (QED) is 0.859. The lowest BCUT2D eigenvalue weighted by Gasteiger charge is -2.07. The second kappa shape index (κ2) is 5.54. The second-order valence-electron chi connectivity index (χ2n) is 4.40. The maximum Gasteiger partial charge on any atom is 0.229 e. The molecule has 1 unspecified atom stereocenters. The molecular formula is C13H17N3OS. The Hall–Kier alpha value is -1.33. The van der Waals surface area contributed by atoms with Crippen LogP contribution in [0.4, 0.5) is 0 Å². The SMILES string of the molecule is CSc1ccc(C(N)c2noc(C(C)C)n2)cc1. The van der Waals surface area contributed by atoms with Crippen LogP contribution in [0.3, 0.4) is 0 Å². The van der Waals surface area contributed by atoms with Crippen LogP contribution in [0, 0.1) is 0 Å². The molecule has 0 fully saturated rings. The summed E-state index contributed by atoms with van der Waals surface area (Å²) in [4.78, 5) is 5.53. The van der Waals surface area contributed by atoms with Crippen LogP contribution < -0.4 is 5.73 Å². The maximum atomic E-state index is 6.13. The summed E-state index contributed by atoms with van der Waals surface area (Å²) >= 11 is 1.70. The molecule has 0 spiro atoms. The Balaban J connectivity index is 2.20. The Bertz CT molecular complexity index is 507. The van der Waals surface area contributed by atoms with Gasteiger partial charge in [0, 0.05) is 10.8 Å². The Morgan fingerprint density at radius 2 is 1.89 bits per heavy atom. The van der Waals surface area contributed by atoms with E-state index in [0.29, 0.717) is 11.7 Å². The fourth-order valence-corrected chi connectivity index (χ4v) is 1.98. The number of nitrogens with zero attached hydrogens (tertiary/aromatic N) is 2. The molecular weight excluding hydrogens is 246 g/mol. The first-order chi connectivity index (χ1) is 8.61. The number of nitrogens with two attached hydrogens (primary N) is 1. The molecule has 2 N–H and O–H groups in total. The number of hydrogen-bond donors (Lipinski definition) is 1. The van der Waals surface area contributed by atoms with E-state index in [-0.39, 0.29) is 12.0 Å². The largest absolute Gasteiger partial charge is 0.339 e. The summed E-state index contributed by atoms with van der Waals surface area (Å²) in [5, 5.41) is 3.94. The molecule has 2 aromatic rings. The third-order valence-corrected chi connectivity index (χ3v) is 3.45. The van der Waals surface area contributed by atoms with Crippen molar-refractivity contribution in [2.75, 3.05) is 6.26 Å². The normalized spacial score (nSPS) is 12.9. The van der Waals surface area contributed by atoms with Gasteiger partial charge in [0.15, 0.2) is 5.82 Å². The van der Waals surface area contributed by atoms with Crippen molar-refractivity contribution in [3.05, 3.63) is 41.5 Å². The first-order valence-corrected chi connectivity index (χ1v) is 7.07. The molecule has 1 atom stereocenters. The summed E-state index contributed by atoms with van der Waals surface area (Å²) in [6.45, 7) is 4.02. The summed E-state index contributed by atoms with van der Waals surface area (Å²) in [5.41, 5.74) is 7.12. The van der Waals surface area contributed by atoms with Crippen LogP contribution >= 0.6 is 11.8 Å². The fraction of sp³-hybridized carbons (Fsp3) is 0.385. The van der Waals surface area contributed by atoms with Gasteiger partial charge in [0.05, 0.1) is 6.04 Å². The molecule has 5 heteroatoms. The zero-order valence-electron chi connectivity index (χ0n) is 10.8. The Labute approximate surface area is 111 Å². The first-order valence-electron chi connectivity index (χ1n) is 5.85. The molecule has 0 aliphatic rings. The van der Waals surface area contributed by atoms with E-state index < -0.39 is 0 Å². The third kappa shape index (κ3) is 2.73. The van der Waals surface area contributed by atoms with Crippen LogP contribution in [0.1, 0.15) is 43.1 Å². The van der Waals surface area contributed by atoms with Crippen LogP contribution in [0.25, 0.3) is 0 Å². The van der Waals surface area contributed by atoms with E-state index >= 15 is 0 Å². The van der Waals surface area contributed by atoms with Crippen LogP contribution in [-0.4, -0.2) is 16.4 Å². The van der Waals surface area contributed by atoms with Crippen molar-refractivity contribution in [3.63, 3.8) is 0 Å². The molecule has 0 aliphatic heterocycles. The highest BCUT2D eigenvalue weighted by atomic mass is 32.2. The van der Waals surface area contributed by atoms with Crippen LogP contribution in [0.15, 0.2) is 33.7 Å². The predicted octanol–water partition coefficient (Wildman–Crippen LogP) is 2.96. The van der Waals surface area contributed by atoms with Crippen molar-refractivity contribution in [2.24, 2.45) is 5.73 Å². The Morgan fingerprint density at radius 3 is 2.39 bits per heavy atom. The zero-order valence-corrected chi connectivity index (χ0v) is 11.6. The Morgan fingerprint density at radius 1 is 1.22 bits per heavy atom. The van der Waals surface area contributed by atoms with Gasteiger partial charge in [-0.2, -0.15) is 4.98 Å². The van der Waals surface area contributed by atoms with Crippen molar-refractivity contribution in [3.8, 4) is 0 Å². The lowest BCUT2D eigenvalue weighted by molar-refractivity contribution is 0.359. The molecule has 18 heavy (non-hydrogen) atoms. The maximum absolute atomic E-state index is 6.13. The van der Waals surface area contributed by atoms with Gasteiger partial charge in [0.25, 0.3) is 0 Å². The van der Waals surface area contributed by atoms with Gasteiger partial charge in [-0.1, -0.05) is 31.1 Å². The topological polar surface area (TPSA) is 64.9 Å². The van der Waals surface area contributed by atoms with Gasteiger partial charge in [0.1, 0.15) is 0 Å². The molecule has 1 aromatic heterocycles. The molecule has 1 aromatic carbocycles. The minimum absolute atomic E-state index is 0.220. The molecule has 2 rings (SSSR count). The van der Waals surface area contributed by atoms with E-state index in [2.05, 4.69) is 10.1 Å². The van der Waals surface area contributed by atoms with Gasteiger partial charge in [-0.3, -0.25) is 0 Å². The van der Waals surface area contributed by atoms with Gasteiger partial charge >= 0.3 is 0 Å². The summed E-state index contributed by atoms with van der Waals surface area (Å²) in [6.07, 6.45) is 2.04. The van der Waals surface area contributed by atoms with Gasteiger partial charge < -0.3 is 10.3 Å². The first kappa shape index (κ1) is 13.1. The lowest BCUT2D eigenvalue weighted by Crippen LogP contribution is -2.13. The molecule has 0 saturated carbocycles. The van der Waals surface area contributed by atoms with Gasteiger partial charge in [0.2, 0.25) is 5.89 Å². The molecule has 0 saturated heterocycles. The molecule has 4 nitrogen and oxygen atoms in total. The van der Waals surface area contributed by atoms with Crippen molar-refractivity contribution in [1.29, 1.82) is 0 Å². The van der Waals surface area contributed by atoms with E-state index in [1.165, 1.54) is 4.90 Å². The second-order valence-corrected chi connectivity index (χ2v) is 5.28. The fourth-order valence-electron chi connectivity index (χ4n) is 1.57. The van der Waals surface area contributed by atoms with E-state index in [1.807, 2.05) is 44.4 Å². The van der Waals surface area contributed by atoms with E-state index in [1.54, 1.807) is 11.8 Å². The highest BCUT2D eigenvalue weighted by Gasteiger charge is 2.17. The minimum Gasteiger partial charge on any atom is -0.339 e. The number of thioether (sulfide) groups is 1. The highest BCUT2D eigenvalue weighted by Crippen LogP contribution is 2.22. The molecule has 96 valence electrons. The Kier molecular flexibility index (Phi) is 4.04. The van der Waals surface area contributed by atoms with Crippen LogP contribution in [-0.2, 0) is 0 Å². The molecule has 0 aliphatic carbocycles. The predicted molar refractivity (Wildman–Crippen MR) is 72.6 cm³/mol. The lowest BCUT2D eigenvalue weighted by atomic mass is 10.1. The van der Waals surface area contributed by atoms with Crippen LogP contribution in [0.5, 0.6) is 0 Å². The smallest absolute Gasteiger partial charge is 0.229 e. The van der Waals surface area contributed by atoms with E-state index in [0.717, 1.165) is 5.56 Å². The van der Waals surface area contributed by atoms with Crippen molar-refractivity contribution >= 4 is 11.8 Å². The summed E-state index contributed by atoms with van der Waals surface area (Å²) in [5.74, 6) is 1.38. The van der Waals surface area contributed by atoms with Gasteiger partial charge in [-0.25, -0.2) is 0 Å². The van der Waals surface area contributed by atoms with Gasteiger partial charge in [-0.05, 0) is 24.0 Å². The van der Waals surface area contributed by atoms with Gasteiger partial charge in [-0.15, -0.1) is 11.8 Å². The molecule has 0 radical (unpaired) electrons. The van der Waals surface area contributed by atoms with E-state index in [4.69, 9.17) is 10.3 Å². The van der Waals surface area contributed by atoms with Crippen molar-refractivity contribution in [1.82, 2.24) is 10.1 Å². The molecule has 0 bridgehead atoms. The average molecular weight is 263 g/mol. The van der Waals surface area contributed by atoms with E-state index in [9.17, 15) is 0 Å². The zero-order chi connectivity index (χ0) is 13.1. The summed E-state index contributed by atoms with van der Waals surface area (Å²) < 4.78 is 5.17. The highest BCUT2D eigenvalue weighted by molar-refractivity contribution is 7.98. The minimum atomic E-state index is -0.336. The molecule has 0 amide bonds. The average Bonchev–Trinajstić information content (AvgIpc) is 2.88. The number of aromatic nitrogens is 2. The number of hydrogen-bond acceptors (Lipinski definition) is 5. The number of benzene rings is 1. The van der Waals surface area contributed by atoms with Crippen molar-refractivity contribution in [2.45, 2.75) is 30.7 Å². The summed E-state index contributed by atoms with van der Waals surface area (Å²) in [6, 6.07) is 7.76. The monoisotopic (exact) mass is 263 g/mol. The number of rotatable bonds is 4. The standard InChI is InChI=1S/C13H17N3OS/c1-8(2)13-15-12(16-17-13)11(14)9-4-6-10(18-3)7-5-9/h4-8,11H,14H2,1-3H3. The van der Waals surface area contributed by atoms with Crippen LogP contribution in [0.2, 0.25) is 0 Å². The summed E-state index contributed by atoms with van der Waals surface area (Å²) in [7, 11) is 0. The third-order valence-electron chi connectivity index (χ3n) is 2.70. The van der Waals surface area contributed by atoms with Crippen molar-refractivity contribution < 1.29 is 4.52 Å². The molecule has 1 heterocycles.